The Morgan fingerprint density at radius 2 is 1.72 bits per heavy atom. The van der Waals surface area contributed by atoms with Crippen LogP contribution in [-0.4, -0.2) is 42.8 Å². The zero-order valence-electron chi connectivity index (χ0n) is 15.0. The molecule has 29 heavy (non-hydrogen) atoms. The summed E-state index contributed by atoms with van der Waals surface area (Å²) in [7, 11) is 0. The van der Waals surface area contributed by atoms with Crippen LogP contribution in [0.5, 0.6) is 5.88 Å². The number of pyridine rings is 1. The summed E-state index contributed by atoms with van der Waals surface area (Å²) in [5.74, 6) is -3.39. The number of rotatable bonds is 6. The molecule has 0 aliphatic carbocycles. The molecule has 0 atom stereocenters. The maximum absolute atomic E-state index is 13.0. The first-order chi connectivity index (χ1) is 13.9. The summed E-state index contributed by atoms with van der Waals surface area (Å²) in [6.45, 7) is -0.927. The summed E-state index contributed by atoms with van der Waals surface area (Å²) < 4.78 is 1.50. The molecule has 148 valence electrons. The van der Waals surface area contributed by atoms with Crippen molar-refractivity contribution in [3.05, 3.63) is 86.7 Å². The molecule has 0 radical (unpaired) electrons. The van der Waals surface area contributed by atoms with E-state index >= 15 is 0 Å². The maximum atomic E-state index is 13.0. The van der Waals surface area contributed by atoms with E-state index in [0.717, 1.165) is 9.13 Å². The van der Waals surface area contributed by atoms with Crippen LogP contribution in [0.15, 0.2) is 64.3 Å². The molecule has 0 fully saturated rings. The maximum Gasteiger partial charge on any atom is 0.340 e. The second kappa shape index (κ2) is 8.21. The lowest BCUT2D eigenvalue weighted by Gasteiger charge is -2.15. The average Bonchev–Trinajstić information content (AvgIpc) is 2.71. The molecule has 0 unspecified atom stereocenters. The smallest absolute Gasteiger partial charge is 0.340 e. The van der Waals surface area contributed by atoms with E-state index in [0.29, 0.717) is 5.56 Å². The quantitative estimate of drug-likeness (QED) is 0.530. The highest BCUT2D eigenvalue weighted by Gasteiger charge is 2.25. The monoisotopic (exact) mass is 396 g/mol. The summed E-state index contributed by atoms with van der Waals surface area (Å²) in [4.78, 5) is 52.9. The van der Waals surface area contributed by atoms with Crippen molar-refractivity contribution in [1.29, 1.82) is 0 Å². The summed E-state index contributed by atoms with van der Waals surface area (Å²) in [6, 6.07) is 13.1. The SMILES string of the molecule is O=C(O)CNC(=O)c1c(O)n(-c2ccccn2)c(=O)n(Cc2ccccc2)c1=O. The Morgan fingerprint density at radius 3 is 2.34 bits per heavy atom. The number of carboxylic acid groups (broad SMARTS) is 1. The van der Waals surface area contributed by atoms with Crippen LogP contribution in [0.3, 0.4) is 0 Å². The number of carbonyl (C=O) groups is 2. The minimum Gasteiger partial charge on any atom is -0.493 e. The molecule has 1 amide bonds. The Labute approximate surface area is 163 Å². The van der Waals surface area contributed by atoms with Gasteiger partial charge in [-0.25, -0.2) is 14.3 Å². The van der Waals surface area contributed by atoms with E-state index in [4.69, 9.17) is 5.11 Å². The van der Waals surface area contributed by atoms with Crippen LogP contribution in [0.25, 0.3) is 5.82 Å². The Balaban J connectivity index is 2.24. The van der Waals surface area contributed by atoms with Gasteiger partial charge in [0, 0.05) is 6.20 Å². The molecule has 2 heterocycles. The number of nitrogens with zero attached hydrogens (tertiary/aromatic N) is 3. The van der Waals surface area contributed by atoms with Gasteiger partial charge in [0.25, 0.3) is 11.5 Å². The van der Waals surface area contributed by atoms with Crippen molar-refractivity contribution in [3.8, 4) is 11.7 Å². The minimum absolute atomic E-state index is 0.0101. The molecule has 2 aromatic heterocycles. The molecule has 0 saturated heterocycles. The summed E-state index contributed by atoms with van der Waals surface area (Å²) in [5.41, 5.74) is -2.09. The van der Waals surface area contributed by atoms with E-state index in [1.54, 1.807) is 42.5 Å². The summed E-state index contributed by atoms with van der Waals surface area (Å²) in [5, 5.41) is 21.3. The second-order valence-corrected chi connectivity index (χ2v) is 5.96. The number of hydrogen-bond acceptors (Lipinski definition) is 6. The second-order valence-electron chi connectivity index (χ2n) is 5.96. The van der Waals surface area contributed by atoms with E-state index in [2.05, 4.69) is 4.98 Å². The molecule has 3 aromatic rings. The molecule has 0 bridgehead atoms. The van der Waals surface area contributed by atoms with Crippen LogP contribution in [0.2, 0.25) is 0 Å². The number of aliphatic carboxylic acids is 1. The van der Waals surface area contributed by atoms with Gasteiger partial charge in [-0.3, -0.25) is 19.0 Å². The van der Waals surface area contributed by atoms with Gasteiger partial charge in [-0.15, -0.1) is 0 Å². The zero-order valence-corrected chi connectivity index (χ0v) is 15.0. The Kier molecular flexibility index (Phi) is 5.54. The highest BCUT2D eigenvalue weighted by molar-refractivity contribution is 5.97. The fourth-order valence-corrected chi connectivity index (χ4v) is 2.68. The Morgan fingerprint density at radius 1 is 1.03 bits per heavy atom. The molecular weight excluding hydrogens is 380 g/mol. The van der Waals surface area contributed by atoms with Gasteiger partial charge >= 0.3 is 11.7 Å². The van der Waals surface area contributed by atoms with Gasteiger partial charge in [-0.1, -0.05) is 36.4 Å². The molecule has 0 aliphatic rings. The average molecular weight is 396 g/mol. The number of benzene rings is 1. The third kappa shape index (κ3) is 4.05. The number of aromatic hydroxyl groups is 1. The molecule has 10 nitrogen and oxygen atoms in total. The normalized spacial score (nSPS) is 10.5. The van der Waals surface area contributed by atoms with Crippen molar-refractivity contribution in [3.63, 3.8) is 0 Å². The van der Waals surface area contributed by atoms with Gasteiger partial charge in [-0.2, -0.15) is 0 Å². The largest absolute Gasteiger partial charge is 0.493 e. The highest BCUT2D eigenvalue weighted by Crippen LogP contribution is 2.15. The highest BCUT2D eigenvalue weighted by atomic mass is 16.4. The van der Waals surface area contributed by atoms with Gasteiger partial charge in [0.2, 0.25) is 5.88 Å². The Bertz CT molecular complexity index is 1170. The number of aromatic nitrogens is 3. The fraction of sp³-hybridized carbons (Fsp3) is 0.105. The molecule has 3 rings (SSSR count). The first-order valence-corrected chi connectivity index (χ1v) is 8.44. The molecule has 10 heteroatoms. The lowest BCUT2D eigenvalue weighted by Crippen LogP contribution is -2.44. The van der Waals surface area contributed by atoms with Gasteiger partial charge < -0.3 is 15.5 Å². The van der Waals surface area contributed by atoms with Crippen molar-refractivity contribution < 1.29 is 19.8 Å². The standard InChI is InChI=1S/C19H16N4O6/c24-14(25)10-21-16(26)15-17(27)22(11-12-6-2-1-3-7-12)19(29)23(18(15)28)13-8-4-5-9-20-13/h1-9,28H,10-11H2,(H,21,26)(H,24,25). The van der Waals surface area contributed by atoms with Crippen molar-refractivity contribution in [2.75, 3.05) is 6.54 Å². The molecule has 1 aromatic carbocycles. The number of nitrogens with one attached hydrogen (secondary N) is 1. The molecular formula is C19H16N4O6. The zero-order chi connectivity index (χ0) is 21.0. The van der Waals surface area contributed by atoms with Crippen molar-refractivity contribution in [2.24, 2.45) is 0 Å². The van der Waals surface area contributed by atoms with Gasteiger partial charge in [0.15, 0.2) is 5.56 Å². The number of carbonyl (C=O) groups excluding carboxylic acids is 1. The lowest BCUT2D eigenvalue weighted by atomic mass is 10.2. The Hall–Kier alpha value is -4.21. The van der Waals surface area contributed by atoms with Crippen LogP contribution in [0.4, 0.5) is 0 Å². The summed E-state index contributed by atoms with van der Waals surface area (Å²) in [6.07, 6.45) is 1.37. The minimum atomic E-state index is -1.33. The number of carboxylic acids is 1. The predicted molar refractivity (Wildman–Crippen MR) is 101 cm³/mol. The molecule has 0 saturated carbocycles. The molecule has 0 spiro atoms. The first kappa shape index (κ1) is 19.5. The van der Waals surface area contributed by atoms with Crippen molar-refractivity contribution >= 4 is 11.9 Å². The topological polar surface area (TPSA) is 144 Å². The lowest BCUT2D eigenvalue weighted by molar-refractivity contribution is -0.135. The fourth-order valence-electron chi connectivity index (χ4n) is 2.68. The van der Waals surface area contributed by atoms with E-state index in [1.807, 2.05) is 5.32 Å². The van der Waals surface area contributed by atoms with E-state index < -0.39 is 41.1 Å². The number of hydrogen-bond donors (Lipinski definition) is 3. The van der Waals surface area contributed by atoms with Crippen molar-refractivity contribution in [2.45, 2.75) is 6.54 Å². The predicted octanol–water partition coefficient (Wildman–Crippen LogP) is -0.0375. The van der Waals surface area contributed by atoms with E-state index in [-0.39, 0.29) is 12.4 Å². The van der Waals surface area contributed by atoms with E-state index in [1.165, 1.54) is 12.3 Å². The van der Waals surface area contributed by atoms with Crippen molar-refractivity contribution in [1.82, 2.24) is 19.4 Å². The third-order valence-electron chi connectivity index (χ3n) is 4.01. The molecule has 0 aliphatic heterocycles. The first-order valence-electron chi connectivity index (χ1n) is 8.44. The van der Waals surface area contributed by atoms with Crippen LogP contribution in [0, 0.1) is 0 Å². The van der Waals surface area contributed by atoms with Gasteiger partial charge in [0.05, 0.1) is 6.54 Å². The summed E-state index contributed by atoms with van der Waals surface area (Å²) >= 11 is 0. The van der Waals surface area contributed by atoms with Crippen LogP contribution < -0.4 is 16.6 Å². The van der Waals surface area contributed by atoms with Crippen LogP contribution in [-0.2, 0) is 11.3 Å². The van der Waals surface area contributed by atoms with E-state index in [9.17, 15) is 24.3 Å². The van der Waals surface area contributed by atoms with Gasteiger partial charge in [0.1, 0.15) is 12.4 Å². The third-order valence-corrected chi connectivity index (χ3v) is 4.01. The van der Waals surface area contributed by atoms with Crippen LogP contribution >= 0.6 is 0 Å². The molecule has 3 N–H and O–H groups in total. The number of amides is 1. The van der Waals surface area contributed by atoms with Crippen LogP contribution in [0.1, 0.15) is 15.9 Å². The van der Waals surface area contributed by atoms with Gasteiger partial charge in [-0.05, 0) is 17.7 Å².